The minimum atomic E-state index is -4.29. The van der Waals surface area contributed by atoms with E-state index in [9.17, 15) is 22.0 Å². The normalized spacial score (nSPS) is 23.0. The first-order valence-corrected chi connectivity index (χ1v) is 18.1. The summed E-state index contributed by atoms with van der Waals surface area (Å²) in [7, 11) is -3.17. The molecule has 0 aliphatic carbocycles. The van der Waals surface area contributed by atoms with Crippen LogP contribution in [-0.2, 0) is 15.4 Å². The summed E-state index contributed by atoms with van der Waals surface area (Å²) in [5.41, 5.74) is 3.22. The smallest absolute Gasteiger partial charge is 0.254 e. The number of carbonyl (C=O) groups is 1. The van der Waals surface area contributed by atoms with Gasteiger partial charge in [0.1, 0.15) is 10.7 Å². The number of fused-ring (bicyclic) bond motifs is 3. The molecule has 248 valence electrons. The Bertz CT molecular complexity index is 1890. The number of aryl methyl sites for hydroxylation is 1. The van der Waals surface area contributed by atoms with Crippen LogP contribution in [0.15, 0.2) is 71.6 Å². The molecule has 8 nitrogen and oxygen atoms in total. The van der Waals surface area contributed by atoms with Crippen LogP contribution in [0.5, 0.6) is 0 Å². The molecule has 7 rings (SSSR count). The van der Waals surface area contributed by atoms with E-state index in [2.05, 4.69) is 58.9 Å². The second-order valence-electron chi connectivity index (χ2n) is 13.4. The molecule has 2 bridgehead atoms. The van der Waals surface area contributed by atoms with Crippen LogP contribution in [0.2, 0.25) is 0 Å². The van der Waals surface area contributed by atoms with Crippen molar-refractivity contribution in [3.63, 3.8) is 0 Å². The van der Waals surface area contributed by atoms with Crippen LogP contribution in [0.25, 0.3) is 11.0 Å². The second kappa shape index (κ2) is 12.4. The van der Waals surface area contributed by atoms with Crippen LogP contribution >= 0.6 is 0 Å². The standard InChI is InChI=1S/C36H41F2N5O3S/c1-24-40-31-10-6-7-11-32(31)43(24)29-22-27-12-13-28(23-29)42(27)19-16-36(26-8-4-3-5-9-26)14-17-41(18-15-36)35(44)25-20-30(37)34(38)33(21-25)47(45,46)39-2/h3-11,20-21,27-29,39H,12-19,22-23H2,1-2H3/t27-,28+,29?. The third-order valence-corrected chi connectivity index (χ3v) is 12.5. The molecule has 1 aromatic heterocycles. The molecule has 0 radical (unpaired) electrons. The average molecular weight is 662 g/mol. The Hall–Kier alpha value is -3.67. The number of likely N-dealkylation sites (tertiary alicyclic amines) is 1. The number of imidazole rings is 1. The summed E-state index contributed by atoms with van der Waals surface area (Å²) in [6, 6.07) is 22.1. The summed E-state index contributed by atoms with van der Waals surface area (Å²) < 4.78 is 58.0. The molecule has 4 heterocycles. The lowest BCUT2D eigenvalue weighted by atomic mass is 9.70. The van der Waals surface area contributed by atoms with E-state index in [1.807, 2.05) is 16.9 Å². The molecule has 4 aromatic rings. The van der Waals surface area contributed by atoms with Gasteiger partial charge in [0, 0.05) is 36.8 Å². The minimum absolute atomic E-state index is 0.139. The van der Waals surface area contributed by atoms with E-state index in [0.717, 1.165) is 69.2 Å². The lowest BCUT2D eigenvalue weighted by Gasteiger charge is -2.45. The van der Waals surface area contributed by atoms with E-state index >= 15 is 0 Å². The maximum absolute atomic E-state index is 14.5. The fourth-order valence-corrected chi connectivity index (χ4v) is 9.41. The summed E-state index contributed by atoms with van der Waals surface area (Å²) >= 11 is 0. The van der Waals surface area contributed by atoms with Gasteiger partial charge in [-0.15, -0.1) is 0 Å². The van der Waals surface area contributed by atoms with Gasteiger partial charge in [0.2, 0.25) is 10.0 Å². The van der Waals surface area contributed by atoms with Gasteiger partial charge in [-0.25, -0.2) is 26.9 Å². The largest absolute Gasteiger partial charge is 0.339 e. The fraction of sp³-hybridized carbons (Fsp3) is 0.444. The third-order valence-electron chi connectivity index (χ3n) is 11.0. The molecule has 3 fully saturated rings. The zero-order valence-electron chi connectivity index (χ0n) is 26.8. The molecule has 1 unspecified atom stereocenters. The number of carbonyl (C=O) groups excluding carboxylic acids is 1. The van der Waals surface area contributed by atoms with Crippen molar-refractivity contribution in [2.45, 2.75) is 80.3 Å². The van der Waals surface area contributed by atoms with Crippen molar-refractivity contribution in [3.05, 3.63) is 95.3 Å². The fourth-order valence-electron chi connectivity index (χ4n) is 8.58. The SMILES string of the molecule is CNS(=O)(=O)c1cc(C(=O)N2CCC(CCN3[C@@H]4CC[C@H]3CC(n3c(C)nc5ccccc53)C4)(c3ccccc3)CC2)cc(F)c1F. The maximum Gasteiger partial charge on any atom is 0.254 e. The number of rotatable bonds is 8. The predicted octanol–water partition coefficient (Wildman–Crippen LogP) is 5.96. The Balaban J connectivity index is 1.07. The molecule has 47 heavy (non-hydrogen) atoms. The molecule has 3 aromatic carbocycles. The van der Waals surface area contributed by atoms with Gasteiger partial charge in [-0.3, -0.25) is 9.69 Å². The van der Waals surface area contributed by atoms with Crippen LogP contribution < -0.4 is 4.72 Å². The number of sulfonamides is 1. The zero-order valence-corrected chi connectivity index (χ0v) is 27.6. The van der Waals surface area contributed by atoms with E-state index in [1.54, 1.807) is 4.90 Å². The Morgan fingerprint density at radius 2 is 1.62 bits per heavy atom. The lowest BCUT2D eigenvalue weighted by molar-refractivity contribution is 0.0606. The highest BCUT2D eigenvalue weighted by atomic mass is 32.2. The van der Waals surface area contributed by atoms with Crippen LogP contribution in [0, 0.1) is 18.6 Å². The molecule has 0 spiro atoms. The van der Waals surface area contributed by atoms with Crippen LogP contribution in [0.3, 0.4) is 0 Å². The number of piperidine rings is 2. The first kappa shape index (κ1) is 31.9. The van der Waals surface area contributed by atoms with Crippen molar-refractivity contribution in [3.8, 4) is 0 Å². The topological polar surface area (TPSA) is 87.5 Å². The van der Waals surface area contributed by atoms with Gasteiger partial charge in [-0.05, 0) is 101 Å². The number of para-hydroxylation sites is 2. The molecule has 3 aliphatic rings. The summed E-state index contributed by atoms with van der Waals surface area (Å²) in [5, 5.41) is 0. The monoisotopic (exact) mass is 661 g/mol. The van der Waals surface area contributed by atoms with Gasteiger partial charge < -0.3 is 9.47 Å². The molecular formula is C36H41F2N5O3S. The minimum Gasteiger partial charge on any atom is -0.339 e. The summed E-state index contributed by atoms with van der Waals surface area (Å²) in [4.78, 5) is 21.9. The number of nitrogens with zero attached hydrogens (tertiary/aromatic N) is 4. The Morgan fingerprint density at radius 1 is 0.957 bits per heavy atom. The number of halogens is 2. The molecule has 3 aliphatic heterocycles. The Labute approximate surface area is 274 Å². The number of nitrogens with one attached hydrogen (secondary N) is 1. The first-order valence-electron chi connectivity index (χ1n) is 16.6. The van der Waals surface area contributed by atoms with E-state index < -0.39 is 32.5 Å². The van der Waals surface area contributed by atoms with E-state index in [4.69, 9.17) is 4.98 Å². The summed E-state index contributed by atoms with van der Waals surface area (Å²) in [6.45, 7) is 3.96. The Kier molecular flexibility index (Phi) is 8.42. The summed E-state index contributed by atoms with van der Waals surface area (Å²) in [6.07, 6.45) is 7.02. The molecule has 11 heteroatoms. The predicted molar refractivity (Wildman–Crippen MR) is 177 cm³/mol. The van der Waals surface area contributed by atoms with Crippen molar-refractivity contribution >= 4 is 27.0 Å². The van der Waals surface area contributed by atoms with Gasteiger partial charge in [0.25, 0.3) is 5.91 Å². The van der Waals surface area contributed by atoms with Crippen molar-refractivity contribution in [2.75, 3.05) is 26.7 Å². The van der Waals surface area contributed by atoms with Gasteiger partial charge in [0.05, 0.1) is 11.0 Å². The summed E-state index contributed by atoms with van der Waals surface area (Å²) in [5.74, 6) is -2.28. The molecular weight excluding hydrogens is 620 g/mol. The van der Waals surface area contributed by atoms with Crippen molar-refractivity contribution in [1.29, 1.82) is 0 Å². The van der Waals surface area contributed by atoms with E-state index in [-0.39, 0.29) is 11.0 Å². The van der Waals surface area contributed by atoms with Crippen molar-refractivity contribution in [2.24, 2.45) is 0 Å². The highest BCUT2D eigenvalue weighted by Crippen LogP contribution is 2.45. The van der Waals surface area contributed by atoms with Gasteiger partial charge in [0.15, 0.2) is 11.6 Å². The average Bonchev–Trinajstić information content (AvgIpc) is 3.55. The lowest BCUT2D eigenvalue weighted by Crippen LogP contribution is -2.49. The molecule has 0 saturated carbocycles. The number of amides is 1. The number of benzene rings is 3. The number of aromatic nitrogens is 2. The van der Waals surface area contributed by atoms with Gasteiger partial charge in [-0.2, -0.15) is 0 Å². The van der Waals surface area contributed by atoms with Gasteiger partial charge in [-0.1, -0.05) is 42.5 Å². The molecule has 1 amide bonds. The highest BCUT2D eigenvalue weighted by Gasteiger charge is 2.44. The quantitative estimate of drug-likeness (QED) is 0.252. The van der Waals surface area contributed by atoms with Crippen molar-refractivity contribution < 1.29 is 22.0 Å². The van der Waals surface area contributed by atoms with Crippen LogP contribution in [0.1, 0.15) is 72.7 Å². The first-order chi connectivity index (χ1) is 22.6. The molecule has 1 N–H and O–H groups in total. The van der Waals surface area contributed by atoms with Crippen molar-refractivity contribution in [1.82, 2.24) is 24.1 Å². The van der Waals surface area contributed by atoms with E-state index in [0.29, 0.717) is 31.2 Å². The molecule has 3 saturated heterocycles. The maximum atomic E-state index is 14.5. The van der Waals surface area contributed by atoms with Gasteiger partial charge >= 0.3 is 0 Å². The molecule has 3 atom stereocenters. The number of hydrogen-bond acceptors (Lipinski definition) is 5. The highest BCUT2D eigenvalue weighted by molar-refractivity contribution is 7.89. The Morgan fingerprint density at radius 3 is 2.30 bits per heavy atom. The zero-order chi connectivity index (χ0) is 32.9. The van der Waals surface area contributed by atoms with E-state index in [1.165, 1.54) is 23.9 Å². The van der Waals surface area contributed by atoms with Crippen LogP contribution in [-0.4, -0.2) is 72.4 Å². The number of hydrogen-bond donors (Lipinski definition) is 1. The second-order valence-corrected chi connectivity index (χ2v) is 15.3. The van der Waals surface area contributed by atoms with Crippen LogP contribution in [0.4, 0.5) is 8.78 Å². The third kappa shape index (κ3) is 5.76.